The number of fused-ring (bicyclic) bond motifs is 1. The first-order valence-electron chi connectivity index (χ1n) is 8.76. The summed E-state index contributed by atoms with van der Waals surface area (Å²) < 4.78 is 6.30. The van der Waals surface area contributed by atoms with E-state index in [0.717, 1.165) is 17.8 Å². The number of furan rings is 1. The second-order valence-electron chi connectivity index (χ2n) is 8.82. The molecule has 3 aromatic rings. The van der Waals surface area contributed by atoms with Crippen molar-refractivity contribution in [2.45, 2.75) is 58.8 Å². The van der Waals surface area contributed by atoms with Gasteiger partial charge in [0.15, 0.2) is 0 Å². The molecule has 2 aromatic carbocycles. The van der Waals surface area contributed by atoms with Gasteiger partial charge in [-0.05, 0) is 34.1 Å². The smallest absolute Gasteiger partial charge is 0.138 e. The third-order valence-corrected chi connectivity index (χ3v) is 4.56. The van der Waals surface area contributed by atoms with Crippen LogP contribution in [0.15, 0.2) is 52.9 Å². The molecule has 0 aliphatic carbocycles. The highest BCUT2D eigenvalue weighted by Gasteiger charge is 2.24. The summed E-state index contributed by atoms with van der Waals surface area (Å²) in [6.07, 6.45) is 0.837. The highest BCUT2D eigenvalue weighted by atomic mass is 16.3. The van der Waals surface area contributed by atoms with E-state index in [1.54, 1.807) is 0 Å². The maximum atomic E-state index is 6.30. The summed E-state index contributed by atoms with van der Waals surface area (Å²) in [5.41, 5.74) is 5.18. The second-order valence-corrected chi connectivity index (χ2v) is 8.82. The van der Waals surface area contributed by atoms with Crippen LogP contribution in [0.5, 0.6) is 0 Å². The van der Waals surface area contributed by atoms with Crippen LogP contribution in [0.25, 0.3) is 11.0 Å². The lowest BCUT2D eigenvalue weighted by Gasteiger charge is -2.25. The highest BCUT2D eigenvalue weighted by molar-refractivity contribution is 5.83. The molecule has 0 saturated carbocycles. The minimum absolute atomic E-state index is 0.0569. The Labute approximate surface area is 145 Å². The van der Waals surface area contributed by atoms with Gasteiger partial charge in [-0.15, -0.1) is 0 Å². The van der Waals surface area contributed by atoms with E-state index in [4.69, 9.17) is 4.42 Å². The summed E-state index contributed by atoms with van der Waals surface area (Å²) in [6, 6.07) is 17.4. The lowest BCUT2D eigenvalue weighted by molar-refractivity contribution is 0.529. The zero-order chi connectivity index (χ0) is 17.5. The molecular weight excluding hydrogens is 292 g/mol. The Hall–Kier alpha value is -2.02. The van der Waals surface area contributed by atoms with Gasteiger partial charge in [0.05, 0.1) is 0 Å². The summed E-state index contributed by atoms with van der Waals surface area (Å²) >= 11 is 0. The Kier molecular flexibility index (Phi) is 4.07. The fraction of sp³-hybridized carbons (Fsp3) is 0.391. The lowest BCUT2D eigenvalue weighted by Crippen LogP contribution is -2.16. The van der Waals surface area contributed by atoms with Crippen LogP contribution in [0.1, 0.15) is 64.0 Å². The number of hydrogen-bond donors (Lipinski definition) is 0. The summed E-state index contributed by atoms with van der Waals surface area (Å²) in [4.78, 5) is 0. The fourth-order valence-electron chi connectivity index (χ4n) is 3.08. The molecule has 0 aliphatic heterocycles. The topological polar surface area (TPSA) is 13.1 Å². The standard InChI is InChI=1S/C23H28O/c1-22(2,3)18-13-17-14-19(12-16-10-8-7-9-11-16)24-21(17)20(15-18)23(4,5)6/h7-11,13-15H,12H2,1-6H3. The van der Waals surface area contributed by atoms with Crippen molar-refractivity contribution in [3.8, 4) is 0 Å². The first-order valence-corrected chi connectivity index (χ1v) is 8.76. The van der Waals surface area contributed by atoms with E-state index < -0.39 is 0 Å². The molecule has 1 nitrogen and oxygen atoms in total. The normalized spacial score (nSPS) is 12.8. The zero-order valence-electron chi connectivity index (χ0n) is 15.7. The monoisotopic (exact) mass is 320 g/mol. The molecule has 0 fully saturated rings. The zero-order valence-corrected chi connectivity index (χ0v) is 15.7. The number of benzene rings is 2. The van der Waals surface area contributed by atoms with Crippen molar-refractivity contribution in [1.29, 1.82) is 0 Å². The molecular formula is C23H28O. The van der Waals surface area contributed by atoms with E-state index in [0.29, 0.717) is 0 Å². The summed E-state index contributed by atoms with van der Waals surface area (Å²) in [5.74, 6) is 1.03. The molecule has 1 heterocycles. The van der Waals surface area contributed by atoms with Crippen molar-refractivity contribution in [3.63, 3.8) is 0 Å². The molecule has 0 unspecified atom stereocenters. The van der Waals surface area contributed by atoms with Gasteiger partial charge < -0.3 is 4.42 Å². The van der Waals surface area contributed by atoms with E-state index in [1.807, 2.05) is 0 Å². The lowest BCUT2D eigenvalue weighted by atomic mass is 9.80. The van der Waals surface area contributed by atoms with Crippen LogP contribution in [0.2, 0.25) is 0 Å². The van der Waals surface area contributed by atoms with Crippen LogP contribution >= 0.6 is 0 Å². The molecule has 1 aromatic heterocycles. The second kappa shape index (κ2) is 5.81. The molecule has 0 bridgehead atoms. The van der Waals surface area contributed by atoms with Crippen molar-refractivity contribution in [1.82, 2.24) is 0 Å². The third kappa shape index (κ3) is 3.40. The first-order chi connectivity index (χ1) is 11.1. The summed E-state index contributed by atoms with van der Waals surface area (Å²) in [5, 5.41) is 1.22. The van der Waals surface area contributed by atoms with Gasteiger partial charge in [-0.25, -0.2) is 0 Å². The summed E-state index contributed by atoms with van der Waals surface area (Å²) in [6.45, 7) is 13.6. The Morgan fingerprint density at radius 3 is 2.04 bits per heavy atom. The van der Waals surface area contributed by atoms with E-state index >= 15 is 0 Å². The minimum atomic E-state index is 0.0569. The molecule has 24 heavy (non-hydrogen) atoms. The average molecular weight is 320 g/mol. The molecule has 0 N–H and O–H groups in total. The van der Waals surface area contributed by atoms with Gasteiger partial charge in [0.25, 0.3) is 0 Å². The third-order valence-electron chi connectivity index (χ3n) is 4.56. The molecule has 0 spiro atoms. The van der Waals surface area contributed by atoms with Gasteiger partial charge in [0.1, 0.15) is 11.3 Å². The van der Waals surface area contributed by atoms with E-state index in [2.05, 4.69) is 90.1 Å². The molecule has 0 aliphatic rings. The molecule has 0 radical (unpaired) electrons. The number of rotatable bonds is 2. The predicted molar refractivity (Wildman–Crippen MR) is 103 cm³/mol. The van der Waals surface area contributed by atoms with Crippen molar-refractivity contribution >= 4 is 11.0 Å². The Bertz CT molecular complexity index is 839. The Morgan fingerprint density at radius 1 is 0.792 bits per heavy atom. The van der Waals surface area contributed by atoms with Crippen molar-refractivity contribution in [2.75, 3.05) is 0 Å². The predicted octanol–water partition coefficient (Wildman–Crippen LogP) is 6.62. The van der Waals surface area contributed by atoms with Gasteiger partial charge in [-0.2, -0.15) is 0 Å². The van der Waals surface area contributed by atoms with Gasteiger partial charge >= 0.3 is 0 Å². The quantitative estimate of drug-likeness (QED) is 0.517. The van der Waals surface area contributed by atoms with Crippen molar-refractivity contribution in [3.05, 3.63) is 71.0 Å². The van der Waals surface area contributed by atoms with Crippen LogP contribution in [0, 0.1) is 0 Å². The van der Waals surface area contributed by atoms with Gasteiger partial charge in [-0.1, -0.05) is 77.9 Å². The first kappa shape index (κ1) is 16.8. The van der Waals surface area contributed by atoms with E-state index in [-0.39, 0.29) is 10.8 Å². The Morgan fingerprint density at radius 2 is 1.46 bits per heavy atom. The van der Waals surface area contributed by atoms with E-state index in [9.17, 15) is 0 Å². The maximum absolute atomic E-state index is 6.30. The SMILES string of the molecule is CC(C)(C)c1cc(C(C)(C)C)c2oc(Cc3ccccc3)cc2c1. The summed E-state index contributed by atoms with van der Waals surface area (Å²) in [7, 11) is 0. The maximum Gasteiger partial charge on any atom is 0.138 e. The van der Waals surface area contributed by atoms with Gasteiger partial charge in [0.2, 0.25) is 0 Å². The van der Waals surface area contributed by atoms with Crippen molar-refractivity contribution < 1.29 is 4.42 Å². The van der Waals surface area contributed by atoms with Gasteiger partial charge in [0, 0.05) is 17.4 Å². The molecule has 0 atom stereocenters. The van der Waals surface area contributed by atoms with E-state index in [1.165, 1.54) is 22.1 Å². The van der Waals surface area contributed by atoms with Crippen LogP contribution in [-0.4, -0.2) is 0 Å². The van der Waals surface area contributed by atoms with Crippen LogP contribution in [-0.2, 0) is 17.3 Å². The highest BCUT2D eigenvalue weighted by Crippen LogP contribution is 2.37. The molecule has 0 amide bonds. The molecule has 3 rings (SSSR count). The minimum Gasteiger partial charge on any atom is -0.460 e. The van der Waals surface area contributed by atoms with Crippen LogP contribution in [0.3, 0.4) is 0 Å². The molecule has 0 saturated heterocycles. The number of hydrogen-bond acceptors (Lipinski definition) is 1. The Balaban J connectivity index is 2.13. The van der Waals surface area contributed by atoms with Crippen LogP contribution in [0.4, 0.5) is 0 Å². The molecule has 126 valence electrons. The molecule has 1 heteroatoms. The van der Waals surface area contributed by atoms with Gasteiger partial charge in [-0.3, -0.25) is 0 Å². The largest absolute Gasteiger partial charge is 0.460 e. The van der Waals surface area contributed by atoms with Crippen molar-refractivity contribution in [2.24, 2.45) is 0 Å². The average Bonchev–Trinajstić information content (AvgIpc) is 2.87. The van der Waals surface area contributed by atoms with Crippen LogP contribution < -0.4 is 0 Å². The fourth-order valence-corrected chi connectivity index (χ4v) is 3.08.